The van der Waals surface area contributed by atoms with E-state index in [2.05, 4.69) is 12.2 Å². The minimum Gasteiger partial charge on any atom is -0.388 e. The van der Waals surface area contributed by atoms with Gasteiger partial charge in [0, 0.05) is 23.9 Å². The number of rotatable bonds is 5. The van der Waals surface area contributed by atoms with Gasteiger partial charge in [-0.05, 0) is 38.3 Å². The minimum atomic E-state index is -0.688. The minimum absolute atomic E-state index is 0.0164. The normalized spacial score (nSPS) is 30.5. The van der Waals surface area contributed by atoms with Crippen LogP contribution in [-0.4, -0.2) is 23.3 Å². The topological polar surface area (TPSA) is 32.3 Å². The Labute approximate surface area is 154 Å². The molecule has 4 heteroatoms. The van der Waals surface area contributed by atoms with Gasteiger partial charge in [0.25, 0.3) is 0 Å². The molecule has 0 saturated heterocycles. The third kappa shape index (κ3) is 4.41. The van der Waals surface area contributed by atoms with Crippen molar-refractivity contribution in [2.75, 3.05) is 0 Å². The average Bonchev–Trinajstić information content (AvgIpc) is 3.38. The van der Waals surface area contributed by atoms with E-state index in [1.165, 1.54) is 0 Å². The predicted octanol–water partition coefficient (Wildman–Crippen LogP) is 4.75. The molecule has 0 aromatic heterocycles. The van der Waals surface area contributed by atoms with Crippen LogP contribution in [0.4, 0.5) is 4.39 Å². The molecule has 0 aliphatic heterocycles. The van der Waals surface area contributed by atoms with E-state index in [9.17, 15) is 9.50 Å². The number of allylic oxidation sites excluding steroid dienone is 4. The van der Waals surface area contributed by atoms with Gasteiger partial charge in [-0.3, -0.25) is 0 Å². The molecule has 0 bridgehead atoms. The molecule has 2 nitrogen and oxygen atoms in total. The SMILES string of the molecule is CC1=C/C=C/C(C(c2cccc(Cl)c2F)C(C)NC2CC2)C(O)/C=C\1. The highest BCUT2D eigenvalue weighted by Crippen LogP contribution is 2.37. The van der Waals surface area contributed by atoms with Crippen LogP contribution in [0.2, 0.25) is 5.02 Å². The second-order valence-corrected chi connectivity index (χ2v) is 7.53. The van der Waals surface area contributed by atoms with Crippen molar-refractivity contribution in [2.24, 2.45) is 5.92 Å². The summed E-state index contributed by atoms with van der Waals surface area (Å²) in [5, 5.41) is 14.4. The standard InChI is InChI=1S/C21H25ClFNO/c1-13-5-3-6-16(19(25)12-9-13)20(14(2)24-15-10-11-15)17-7-4-8-18(22)21(17)23/h3-9,12,14-16,19-20,24-25H,10-11H2,1-2H3/b6-3+,12-9-,13-5-. The van der Waals surface area contributed by atoms with Crippen molar-refractivity contribution < 1.29 is 9.50 Å². The first-order chi connectivity index (χ1) is 12.0. The Kier molecular flexibility index (Phi) is 5.78. The smallest absolute Gasteiger partial charge is 0.145 e. The predicted molar refractivity (Wildman–Crippen MR) is 101 cm³/mol. The summed E-state index contributed by atoms with van der Waals surface area (Å²) >= 11 is 6.03. The quantitative estimate of drug-likeness (QED) is 0.793. The third-order valence-electron chi connectivity index (χ3n) is 5.01. The Hall–Kier alpha value is -1.42. The van der Waals surface area contributed by atoms with E-state index in [1.807, 2.05) is 31.2 Å². The summed E-state index contributed by atoms with van der Waals surface area (Å²) in [4.78, 5) is 0. The summed E-state index contributed by atoms with van der Waals surface area (Å²) in [6.07, 6.45) is 11.2. The third-order valence-corrected chi connectivity index (χ3v) is 5.30. The molecule has 2 N–H and O–H groups in total. The van der Waals surface area contributed by atoms with Gasteiger partial charge in [-0.1, -0.05) is 59.7 Å². The fourth-order valence-corrected chi connectivity index (χ4v) is 3.71. The van der Waals surface area contributed by atoms with E-state index < -0.39 is 11.9 Å². The molecule has 1 fully saturated rings. The zero-order valence-electron chi connectivity index (χ0n) is 14.6. The van der Waals surface area contributed by atoms with Crippen molar-refractivity contribution in [2.45, 2.75) is 50.8 Å². The number of benzene rings is 1. The second kappa shape index (κ2) is 7.86. The zero-order valence-corrected chi connectivity index (χ0v) is 15.4. The largest absolute Gasteiger partial charge is 0.388 e. The molecule has 0 heterocycles. The van der Waals surface area contributed by atoms with Crippen molar-refractivity contribution >= 4 is 11.6 Å². The second-order valence-electron chi connectivity index (χ2n) is 7.12. The summed E-state index contributed by atoms with van der Waals surface area (Å²) in [6, 6.07) is 5.62. The van der Waals surface area contributed by atoms with Crippen LogP contribution in [0.15, 0.2) is 54.2 Å². The van der Waals surface area contributed by atoms with Gasteiger partial charge in [-0.2, -0.15) is 0 Å². The molecule has 2 aliphatic carbocycles. The monoisotopic (exact) mass is 361 g/mol. The fraction of sp³-hybridized carbons (Fsp3) is 0.429. The molecule has 3 rings (SSSR count). The van der Waals surface area contributed by atoms with Gasteiger partial charge in [-0.25, -0.2) is 4.39 Å². The summed E-state index contributed by atoms with van der Waals surface area (Å²) < 4.78 is 14.8. The first-order valence-electron chi connectivity index (χ1n) is 8.88. The highest BCUT2D eigenvalue weighted by molar-refractivity contribution is 6.30. The Balaban J connectivity index is 2.00. The molecule has 2 aliphatic rings. The number of nitrogens with one attached hydrogen (secondary N) is 1. The Bertz CT molecular complexity index is 708. The van der Waals surface area contributed by atoms with Crippen LogP contribution in [-0.2, 0) is 0 Å². The van der Waals surface area contributed by atoms with Gasteiger partial charge in [0.2, 0.25) is 0 Å². The molecular weight excluding hydrogens is 337 g/mol. The van der Waals surface area contributed by atoms with Gasteiger partial charge < -0.3 is 10.4 Å². The van der Waals surface area contributed by atoms with E-state index in [-0.39, 0.29) is 22.9 Å². The summed E-state index contributed by atoms with van der Waals surface area (Å²) in [5.41, 5.74) is 1.62. The molecule has 4 unspecified atom stereocenters. The number of hydrogen-bond acceptors (Lipinski definition) is 2. The Morgan fingerprint density at radius 2 is 2.04 bits per heavy atom. The first-order valence-corrected chi connectivity index (χ1v) is 9.26. The van der Waals surface area contributed by atoms with Gasteiger partial charge in [0.1, 0.15) is 5.82 Å². The van der Waals surface area contributed by atoms with E-state index in [0.717, 1.165) is 18.4 Å². The molecule has 25 heavy (non-hydrogen) atoms. The molecule has 1 saturated carbocycles. The summed E-state index contributed by atoms with van der Waals surface area (Å²) in [7, 11) is 0. The van der Waals surface area contributed by atoms with Gasteiger partial charge in [0.15, 0.2) is 0 Å². The lowest BCUT2D eigenvalue weighted by Gasteiger charge is -2.34. The highest BCUT2D eigenvalue weighted by atomic mass is 35.5. The van der Waals surface area contributed by atoms with Crippen LogP contribution in [0.5, 0.6) is 0 Å². The van der Waals surface area contributed by atoms with Crippen molar-refractivity contribution in [1.29, 1.82) is 0 Å². The lowest BCUT2D eigenvalue weighted by atomic mass is 9.77. The van der Waals surface area contributed by atoms with Crippen LogP contribution in [0.25, 0.3) is 0 Å². The molecule has 1 aromatic rings. The average molecular weight is 362 g/mol. The lowest BCUT2D eigenvalue weighted by molar-refractivity contribution is 0.148. The Morgan fingerprint density at radius 3 is 2.76 bits per heavy atom. The molecule has 4 atom stereocenters. The van der Waals surface area contributed by atoms with Gasteiger partial charge in [0.05, 0.1) is 11.1 Å². The van der Waals surface area contributed by atoms with Crippen LogP contribution in [0.3, 0.4) is 0 Å². The summed E-state index contributed by atoms with van der Waals surface area (Å²) in [6.45, 7) is 4.05. The van der Waals surface area contributed by atoms with E-state index in [4.69, 9.17) is 11.6 Å². The van der Waals surface area contributed by atoms with Crippen molar-refractivity contribution in [3.05, 3.63) is 70.6 Å². The van der Waals surface area contributed by atoms with E-state index in [1.54, 1.807) is 24.3 Å². The molecule has 0 radical (unpaired) electrons. The number of hydrogen-bond donors (Lipinski definition) is 2. The van der Waals surface area contributed by atoms with Crippen molar-refractivity contribution in [3.8, 4) is 0 Å². The number of aliphatic hydroxyl groups excluding tert-OH is 1. The van der Waals surface area contributed by atoms with Gasteiger partial charge in [-0.15, -0.1) is 0 Å². The Morgan fingerprint density at radius 1 is 1.28 bits per heavy atom. The van der Waals surface area contributed by atoms with Crippen LogP contribution >= 0.6 is 11.6 Å². The number of aliphatic hydroxyl groups is 1. The first kappa shape index (κ1) is 18.4. The molecule has 134 valence electrons. The molecular formula is C21H25ClFNO. The highest BCUT2D eigenvalue weighted by Gasteiger charge is 2.35. The molecule has 0 amide bonds. The van der Waals surface area contributed by atoms with Crippen LogP contribution in [0.1, 0.15) is 38.2 Å². The van der Waals surface area contributed by atoms with Crippen LogP contribution < -0.4 is 5.32 Å². The van der Waals surface area contributed by atoms with E-state index >= 15 is 0 Å². The van der Waals surface area contributed by atoms with E-state index in [0.29, 0.717) is 11.6 Å². The fourth-order valence-electron chi connectivity index (χ4n) is 3.53. The zero-order chi connectivity index (χ0) is 18.0. The molecule has 1 aromatic carbocycles. The molecule has 0 spiro atoms. The maximum Gasteiger partial charge on any atom is 0.145 e. The van der Waals surface area contributed by atoms with Crippen molar-refractivity contribution in [1.82, 2.24) is 5.32 Å². The van der Waals surface area contributed by atoms with Crippen LogP contribution in [0, 0.1) is 11.7 Å². The summed E-state index contributed by atoms with van der Waals surface area (Å²) in [5.74, 6) is -0.853. The maximum absolute atomic E-state index is 14.8. The van der Waals surface area contributed by atoms with Crippen molar-refractivity contribution in [3.63, 3.8) is 0 Å². The van der Waals surface area contributed by atoms with Gasteiger partial charge >= 0.3 is 0 Å². The maximum atomic E-state index is 14.8. The lowest BCUT2D eigenvalue weighted by Crippen LogP contribution is -2.40. The number of halogens is 2.